The lowest BCUT2D eigenvalue weighted by Crippen LogP contribution is -2.32. The molecule has 0 saturated carbocycles. The van der Waals surface area contributed by atoms with E-state index in [9.17, 15) is 4.79 Å². The number of hydrogen-bond donors (Lipinski definition) is 1. The van der Waals surface area contributed by atoms with Gasteiger partial charge in [0.05, 0.1) is 12.3 Å². The summed E-state index contributed by atoms with van der Waals surface area (Å²) in [6.07, 6.45) is 7.98. The second-order valence-electron chi connectivity index (χ2n) is 6.44. The minimum Gasteiger partial charge on any atom is -0.456 e. The Balaban J connectivity index is 1.43. The molecule has 1 aromatic carbocycles. The van der Waals surface area contributed by atoms with Crippen LogP contribution >= 0.6 is 0 Å². The van der Waals surface area contributed by atoms with Gasteiger partial charge < -0.3 is 19.7 Å². The molecule has 1 atom stereocenters. The highest BCUT2D eigenvalue weighted by Crippen LogP contribution is 2.22. The lowest BCUT2D eigenvalue weighted by atomic mass is 10.1. The van der Waals surface area contributed by atoms with Crippen molar-refractivity contribution in [2.24, 2.45) is 0 Å². The van der Waals surface area contributed by atoms with Crippen LogP contribution < -0.4 is 10.1 Å². The standard InChI is InChI=1S/C20H25N3O3/c1-23(13-3-6-17-7-4-14-25-17)20(24)22-16-8-10-18(11-9-16)26-19-5-2-12-21-15-19/h2,5,8-12,15,17H,3-4,6-7,13-14H2,1H3,(H,22,24)/t17-/m0/s1. The molecule has 1 aliphatic heterocycles. The fourth-order valence-corrected chi connectivity index (χ4v) is 2.90. The molecular formula is C20H25N3O3. The summed E-state index contributed by atoms with van der Waals surface area (Å²) >= 11 is 0. The van der Waals surface area contributed by atoms with Crippen molar-refractivity contribution in [3.63, 3.8) is 0 Å². The van der Waals surface area contributed by atoms with Gasteiger partial charge in [-0.2, -0.15) is 0 Å². The molecule has 6 heteroatoms. The number of amides is 2. The molecule has 0 spiro atoms. The molecule has 138 valence electrons. The summed E-state index contributed by atoms with van der Waals surface area (Å²) in [5.41, 5.74) is 0.736. The van der Waals surface area contributed by atoms with E-state index in [0.717, 1.165) is 38.0 Å². The van der Waals surface area contributed by atoms with Crippen LogP contribution in [-0.2, 0) is 4.74 Å². The summed E-state index contributed by atoms with van der Waals surface area (Å²) in [6.45, 7) is 1.59. The molecule has 1 fully saturated rings. The molecular weight excluding hydrogens is 330 g/mol. The lowest BCUT2D eigenvalue weighted by Gasteiger charge is -2.19. The zero-order valence-corrected chi connectivity index (χ0v) is 15.1. The van der Waals surface area contributed by atoms with Crippen molar-refractivity contribution < 1.29 is 14.3 Å². The number of nitrogens with zero attached hydrogens (tertiary/aromatic N) is 2. The van der Waals surface area contributed by atoms with Crippen molar-refractivity contribution in [1.29, 1.82) is 0 Å². The number of carbonyl (C=O) groups excluding carboxylic acids is 1. The summed E-state index contributed by atoms with van der Waals surface area (Å²) in [5.74, 6) is 1.37. The van der Waals surface area contributed by atoms with Gasteiger partial charge >= 0.3 is 6.03 Å². The summed E-state index contributed by atoms with van der Waals surface area (Å²) in [5, 5.41) is 2.90. The summed E-state index contributed by atoms with van der Waals surface area (Å²) in [7, 11) is 1.81. The molecule has 26 heavy (non-hydrogen) atoms. The summed E-state index contributed by atoms with van der Waals surface area (Å²) in [4.78, 5) is 18.0. The van der Waals surface area contributed by atoms with Crippen LogP contribution in [0.3, 0.4) is 0 Å². The zero-order valence-electron chi connectivity index (χ0n) is 15.1. The van der Waals surface area contributed by atoms with Crippen LogP contribution in [0, 0.1) is 0 Å². The molecule has 0 bridgehead atoms. The predicted octanol–water partition coefficient (Wildman–Crippen LogP) is 4.30. The van der Waals surface area contributed by atoms with Gasteiger partial charge in [-0.25, -0.2) is 4.79 Å². The Morgan fingerprint density at radius 1 is 1.31 bits per heavy atom. The normalized spacial score (nSPS) is 16.3. The molecule has 0 unspecified atom stereocenters. The fourth-order valence-electron chi connectivity index (χ4n) is 2.90. The van der Waals surface area contributed by atoms with Crippen molar-refractivity contribution in [3.05, 3.63) is 48.8 Å². The third-order valence-corrected chi connectivity index (χ3v) is 4.37. The smallest absolute Gasteiger partial charge is 0.321 e. The summed E-state index contributed by atoms with van der Waals surface area (Å²) in [6, 6.07) is 10.8. The van der Waals surface area contributed by atoms with Crippen molar-refractivity contribution in [2.75, 3.05) is 25.5 Å². The van der Waals surface area contributed by atoms with Gasteiger partial charge in [-0.1, -0.05) is 0 Å². The van der Waals surface area contributed by atoms with E-state index in [0.29, 0.717) is 24.1 Å². The van der Waals surface area contributed by atoms with Crippen LogP contribution in [0.2, 0.25) is 0 Å². The van der Waals surface area contributed by atoms with Gasteiger partial charge in [0.25, 0.3) is 0 Å². The number of anilines is 1. The number of rotatable bonds is 7. The monoisotopic (exact) mass is 355 g/mol. The van der Waals surface area contributed by atoms with Gasteiger partial charge in [0, 0.05) is 32.1 Å². The van der Waals surface area contributed by atoms with Crippen molar-refractivity contribution in [2.45, 2.75) is 31.8 Å². The van der Waals surface area contributed by atoms with E-state index < -0.39 is 0 Å². The van der Waals surface area contributed by atoms with Gasteiger partial charge in [0.2, 0.25) is 0 Å². The topological polar surface area (TPSA) is 63.7 Å². The molecule has 1 N–H and O–H groups in total. The quantitative estimate of drug-likeness (QED) is 0.804. The van der Waals surface area contributed by atoms with Gasteiger partial charge in [0.1, 0.15) is 11.5 Å². The minimum atomic E-state index is -0.113. The minimum absolute atomic E-state index is 0.113. The van der Waals surface area contributed by atoms with E-state index in [1.54, 1.807) is 17.3 Å². The molecule has 0 radical (unpaired) electrons. The molecule has 6 nitrogen and oxygen atoms in total. The SMILES string of the molecule is CN(CCC[C@H]1CCCO1)C(=O)Nc1ccc(Oc2cccnc2)cc1. The Morgan fingerprint density at radius 3 is 2.85 bits per heavy atom. The number of hydrogen-bond acceptors (Lipinski definition) is 4. The van der Waals surface area contributed by atoms with Gasteiger partial charge in [-0.15, -0.1) is 0 Å². The number of benzene rings is 1. The number of carbonyl (C=O) groups is 1. The zero-order chi connectivity index (χ0) is 18.2. The molecule has 2 heterocycles. The van der Waals surface area contributed by atoms with E-state index in [1.807, 2.05) is 43.4 Å². The molecule has 2 amide bonds. The van der Waals surface area contributed by atoms with Crippen LogP contribution in [0.4, 0.5) is 10.5 Å². The maximum atomic E-state index is 12.3. The number of ether oxygens (including phenoxy) is 2. The van der Waals surface area contributed by atoms with E-state index in [2.05, 4.69) is 10.3 Å². The Bertz CT molecular complexity index is 685. The van der Waals surface area contributed by atoms with Crippen LogP contribution in [0.25, 0.3) is 0 Å². The molecule has 0 aliphatic carbocycles. The Labute approximate surface area is 154 Å². The van der Waals surface area contributed by atoms with Crippen LogP contribution in [0.15, 0.2) is 48.8 Å². The maximum Gasteiger partial charge on any atom is 0.321 e. The van der Waals surface area contributed by atoms with E-state index in [-0.39, 0.29) is 6.03 Å². The van der Waals surface area contributed by atoms with Crippen molar-refractivity contribution in [1.82, 2.24) is 9.88 Å². The second-order valence-corrected chi connectivity index (χ2v) is 6.44. The highest BCUT2D eigenvalue weighted by atomic mass is 16.5. The molecule has 2 aromatic rings. The Morgan fingerprint density at radius 2 is 2.15 bits per heavy atom. The van der Waals surface area contributed by atoms with Gasteiger partial charge in [-0.05, 0) is 62.1 Å². The lowest BCUT2D eigenvalue weighted by molar-refractivity contribution is 0.101. The first-order valence-corrected chi connectivity index (χ1v) is 9.02. The first kappa shape index (κ1) is 18.2. The maximum absolute atomic E-state index is 12.3. The van der Waals surface area contributed by atoms with Crippen LogP contribution in [-0.4, -0.2) is 42.2 Å². The highest BCUT2D eigenvalue weighted by molar-refractivity contribution is 5.89. The summed E-state index contributed by atoms with van der Waals surface area (Å²) < 4.78 is 11.3. The molecule has 1 aliphatic rings. The Kier molecular flexibility index (Phi) is 6.44. The second kappa shape index (κ2) is 9.20. The Hall–Kier alpha value is -2.60. The average molecular weight is 355 g/mol. The van der Waals surface area contributed by atoms with Gasteiger partial charge in [-0.3, -0.25) is 4.98 Å². The largest absolute Gasteiger partial charge is 0.456 e. The third-order valence-electron chi connectivity index (χ3n) is 4.37. The predicted molar refractivity (Wildman–Crippen MR) is 101 cm³/mol. The van der Waals surface area contributed by atoms with Crippen LogP contribution in [0.5, 0.6) is 11.5 Å². The van der Waals surface area contributed by atoms with Crippen molar-refractivity contribution in [3.8, 4) is 11.5 Å². The van der Waals surface area contributed by atoms with E-state index in [4.69, 9.17) is 9.47 Å². The first-order valence-electron chi connectivity index (χ1n) is 9.02. The van der Waals surface area contributed by atoms with E-state index in [1.165, 1.54) is 0 Å². The number of aromatic nitrogens is 1. The molecule has 3 rings (SSSR count). The number of nitrogens with one attached hydrogen (secondary N) is 1. The third kappa shape index (κ3) is 5.46. The molecule has 1 aromatic heterocycles. The van der Waals surface area contributed by atoms with E-state index >= 15 is 0 Å². The fraction of sp³-hybridized carbons (Fsp3) is 0.400. The highest BCUT2D eigenvalue weighted by Gasteiger charge is 2.16. The molecule has 1 saturated heterocycles. The van der Waals surface area contributed by atoms with Crippen molar-refractivity contribution >= 4 is 11.7 Å². The van der Waals surface area contributed by atoms with Crippen LogP contribution in [0.1, 0.15) is 25.7 Å². The number of pyridine rings is 1. The van der Waals surface area contributed by atoms with Gasteiger partial charge in [0.15, 0.2) is 0 Å². The first-order chi connectivity index (χ1) is 12.7. The number of urea groups is 1. The average Bonchev–Trinajstić information content (AvgIpc) is 3.17.